The molecule has 0 atom stereocenters. The lowest BCUT2D eigenvalue weighted by atomic mass is 10.4. The minimum atomic E-state index is -2.68. The van der Waals surface area contributed by atoms with Crippen LogP contribution in [0.1, 0.15) is 28.2 Å². The molecule has 0 fully saturated rings. The van der Waals surface area contributed by atoms with E-state index in [0.717, 1.165) is 5.56 Å². The molecule has 0 amide bonds. The maximum Gasteiger partial charge on any atom is 0.283 e. The van der Waals surface area contributed by atoms with Crippen LogP contribution in [0.4, 0.5) is 8.78 Å². The summed E-state index contributed by atoms with van der Waals surface area (Å²) in [6, 6.07) is 0. The molecular weight excluding hydrogens is 322 g/mol. The van der Waals surface area contributed by atoms with Gasteiger partial charge in [0, 0.05) is 6.20 Å². The first-order chi connectivity index (χ1) is 8.90. The number of nitrogens with zero attached hydrogens (tertiary/aromatic N) is 4. The summed E-state index contributed by atoms with van der Waals surface area (Å²) in [5, 5.41) is 7.61. The molecule has 0 saturated heterocycles. The second-order valence-electron chi connectivity index (χ2n) is 4.10. The number of alkyl halides is 2. The molecule has 19 heavy (non-hydrogen) atoms. The summed E-state index contributed by atoms with van der Waals surface area (Å²) in [4.78, 5) is 11.9. The van der Waals surface area contributed by atoms with E-state index in [1.165, 1.54) is 9.36 Å². The molecule has 2 aromatic rings. The smallest absolute Gasteiger partial charge is 0.270 e. The van der Waals surface area contributed by atoms with Gasteiger partial charge in [-0.2, -0.15) is 10.2 Å². The SMILES string of the molecule is Cc1cnn(C(=O)Cn2nc(C(F)F)c(Br)c2C)c1. The van der Waals surface area contributed by atoms with Gasteiger partial charge in [0.05, 0.1) is 16.4 Å². The van der Waals surface area contributed by atoms with E-state index in [2.05, 4.69) is 26.1 Å². The lowest BCUT2D eigenvalue weighted by Gasteiger charge is -2.03. The van der Waals surface area contributed by atoms with Crippen molar-refractivity contribution >= 4 is 21.8 Å². The molecule has 2 aromatic heterocycles. The van der Waals surface area contributed by atoms with E-state index in [1.54, 1.807) is 26.2 Å². The molecule has 0 unspecified atom stereocenters. The molecule has 0 aliphatic heterocycles. The van der Waals surface area contributed by atoms with Gasteiger partial charge in [0.25, 0.3) is 12.3 Å². The molecule has 102 valence electrons. The van der Waals surface area contributed by atoms with Crippen molar-refractivity contribution in [1.29, 1.82) is 0 Å². The van der Waals surface area contributed by atoms with Crippen molar-refractivity contribution in [1.82, 2.24) is 19.6 Å². The van der Waals surface area contributed by atoms with E-state index in [9.17, 15) is 13.6 Å². The molecule has 0 aromatic carbocycles. The normalized spacial score (nSPS) is 11.3. The van der Waals surface area contributed by atoms with Crippen LogP contribution in [0.5, 0.6) is 0 Å². The van der Waals surface area contributed by atoms with Crippen LogP contribution < -0.4 is 0 Å². The highest BCUT2D eigenvalue weighted by Gasteiger charge is 2.21. The van der Waals surface area contributed by atoms with Crippen LogP contribution in [0, 0.1) is 13.8 Å². The Labute approximate surface area is 116 Å². The molecular formula is C11H11BrF2N4O. The predicted octanol–water partition coefficient (Wildman–Crippen LogP) is 2.74. The standard InChI is InChI=1S/C11H11BrF2N4O/c1-6-3-15-18(4-6)8(19)5-17-7(2)9(12)10(16-17)11(13)14/h3-4,11H,5H2,1-2H3. The van der Waals surface area contributed by atoms with E-state index < -0.39 is 6.43 Å². The van der Waals surface area contributed by atoms with Crippen molar-refractivity contribution in [2.24, 2.45) is 0 Å². The second kappa shape index (κ2) is 5.20. The summed E-state index contributed by atoms with van der Waals surface area (Å²) < 4.78 is 28.0. The van der Waals surface area contributed by atoms with Crippen LogP contribution >= 0.6 is 15.9 Å². The summed E-state index contributed by atoms with van der Waals surface area (Å²) in [6.45, 7) is 3.28. The van der Waals surface area contributed by atoms with Crippen LogP contribution in [0.2, 0.25) is 0 Å². The lowest BCUT2D eigenvalue weighted by Crippen LogP contribution is -2.20. The Bertz CT molecular complexity index is 620. The number of hydrogen-bond donors (Lipinski definition) is 0. The van der Waals surface area contributed by atoms with Gasteiger partial charge in [-0.15, -0.1) is 0 Å². The number of hydrogen-bond acceptors (Lipinski definition) is 3. The molecule has 5 nitrogen and oxygen atoms in total. The van der Waals surface area contributed by atoms with Crippen molar-refractivity contribution in [3.05, 3.63) is 33.8 Å². The maximum absolute atomic E-state index is 12.7. The summed E-state index contributed by atoms with van der Waals surface area (Å²) in [5.74, 6) is -0.341. The minimum absolute atomic E-state index is 0.141. The first kappa shape index (κ1) is 13.9. The highest BCUT2D eigenvalue weighted by molar-refractivity contribution is 9.10. The van der Waals surface area contributed by atoms with E-state index in [0.29, 0.717) is 5.69 Å². The van der Waals surface area contributed by atoms with Crippen LogP contribution in [-0.2, 0) is 6.54 Å². The fourth-order valence-electron chi connectivity index (χ4n) is 1.59. The van der Waals surface area contributed by atoms with Gasteiger partial charge in [-0.25, -0.2) is 13.5 Å². The average molecular weight is 333 g/mol. The van der Waals surface area contributed by atoms with Crippen molar-refractivity contribution < 1.29 is 13.6 Å². The van der Waals surface area contributed by atoms with Crippen molar-refractivity contribution in [3.63, 3.8) is 0 Å². The summed E-state index contributed by atoms with van der Waals surface area (Å²) in [5.41, 5.74) is 0.967. The van der Waals surface area contributed by atoms with E-state index >= 15 is 0 Å². The second-order valence-corrected chi connectivity index (χ2v) is 4.89. The molecule has 0 N–H and O–H groups in total. The number of aryl methyl sites for hydroxylation is 1. The molecule has 0 aliphatic rings. The molecule has 0 aliphatic carbocycles. The minimum Gasteiger partial charge on any atom is -0.270 e. The number of halogens is 3. The Balaban J connectivity index is 2.24. The Kier molecular flexibility index (Phi) is 3.79. The predicted molar refractivity (Wildman–Crippen MR) is 67.2 cm³/mol. The average Bonchev–Trinajstić information content (AvgIpc) is 2.88. The number of aromatic nitrogens is 4. The summed E-state index contributed by atoms with van der Waals surface area (Å²) >= 11 is 3.05. The van der Waals surface area contributed by atoms with Crippen LogP contribution in [0.15, 0.2) is 16.9 Å². The molecule has 2 rings (SSSR count). The zero-order valence-corrected chi connectivity index (χ0v) is 11.9. The van der Waals surface area contributed by atoms with Gasteiger partial charge in [-0.05, 0) is 35.3 Å². The quantitative estimate of drug-likeness (QED) is 0.868. The third kappa shape index (κ3) is 2.73. The molecule has 0 spiro atoms. The fourth-order valence-corrected chi connectivity index (χ4v) is 2.05. The fraction of sp³-hybridized carbons (Fsp3) is 0.364. The highest BCUT2D eigenvalue weighted by atomic mass is 79.9. The zero-order valence-electron chi connectivity index (χ0n) is 10.3. The van der Waals surface area contributed by atoms with Crippen molar-refractivity contribution in [3.8, 4) is 0 Å². The Morgan fingerprint density at radius 2 is 2.16 bits per heavy atom. The molecule has 8 heteroatoms. The topological polar surface area (TPSA) is 52.7 Å². The number of rotatable bonds is 3. The van der Waals surface area contributed by atoms with Gasteiger partial charge < -0.3 is 0 Å². The van der Waals surface area contributed by atoms with Gasteiger partial charge >= 0.3 is 0 Å². The van der Waals surface area contributed by atoms with Gasteiger partial charge in [-0.1, -0.05) is 0 Å². The Morgan fingerprint density at radius 1 is 1.47 bits per heavy atom. The van der Waals surface area contributed by atoms with Gasteiger partial charge in [-0.3, -0.25) is 9.48 Å². The molecule has 0 saturated carbocycles. The van der Waals surface area contributed by atoms with Crippen molar-refractivity contribution in [2.45, 2.75) is 26.8 Å². The molecule has 0 bridgehead atoms. The van der Waals surface area contributed by atoms with Crippen molar-refractivity contribution in [2.75, 3.05) is 0 Å². The third-order valence-electron chi connectivity index (χ3n) is 2.62. The summed E-state index contributed by atoms with van der Waals surface area (Å²) in [6.07, 6.45) is 0.440. The van der Waals surface area contributed by atoms with Gasteiger partial charge in [0.2, 0.25) is 0 Å². The zero-order chi connectivity index (χ0) is 14.2. The van der Waals surface area contributed by atoms with E-state index in [1.807, 2.05) is 0 Å². The number of carbonyl (C=O) groups is 1. The number of carbonyl (C=O) groups excluding carboxylic acids is 1. The third-order valence-corrected chi connectivity index (χ3v) is 3.60. The van der Waals surface area contributed by atoms with Crippen LogP contribution in [-0.4, -0.2) is 25.5 Å². The monoisotopic (exact) mass is 332 g/mol. The highest BCUT2D eigenvalue weighted by Crippen LogP contribution is 2.28. The maximum atomic E-state index is 12.7. The van der Waals surface area contributed by atoms with Gasteiger partial charge in [0.1, 0.15) is 12.2 Å². The first-order valence-electron chi connectivity index (χ1n) is 5.45. The van der Waals surface area contributed by atoms with E-state index in [4.69, 9.17) is 0 Å². The summed E-state index contributed by atoms with van der Waals surface area (Å²) in [7, 11) is 0. The Hall–Kier alpha value is -1.57. The Morgan fingerprint density at radius 3 is 2.63 bits per heavy atom. The van der Waals surface area contributed by atoms with E-state index in [-0.39, 0.29) is 22.6 Å². The van der Waals surface area contributed by atoms with Crippen LogP contribution in [0.3, 0.4) is 0 Å². The molecule has 2 heterocycles. The van der Waals surface area contributed by atoms with Gasteiger partial charge in [0.15, 0.2) is 0 Å². The first-order valence-corrected chi connectivity index (χ1v) is 6.25. The van der Waals surface area contributed by atoms with Crippen LogP contribution in [0.25, 0.3) is 0 Å². The lowest BCUT2D eigenvalue weighted by molar-refractivity contribution is 0.0867. The molecule has 0 radical (unpaired) electrons. The largest absolute Gasteiger partial charge is 0.283 e.